The zero-order valence-corrected chi connectivity index (χ0v) is 18.5. The molecule has 2 aromatic carbocycles. The number of benzene rings is 2. The Hall–Kier alpha value is -3.17. The molecule has 0 spiro atoms. The van der Waals surface area contributed by atoms with E-state index in [2.05, 4.69) is 5.10 Å². The van der Waals surface area contributed by atoms with Gasteiger partial charge in [-0.25, -0.2) is 4.79 Å². The molecule has 0 atom stereocenters. The van der Waals surface area contributed by atoms with Gasteiger partial charge < -0.3 is 8.92 Å². The van der Waals surface area contributed by atoms with Gasteiger partial charge in [0.2, 0.25) is 5.69 Å². The highest BCUT2D eigenvalue weighted by molar-refractivity contribution is 7.87. The van der Waals surface area contributed by atoms with E-state index >= 15 is 0 Å². The SMILES string of the molecule is CCOC(=O)c1nn(-c2ccccc2)c(=O)cc1OS(=O)(=O)c1cc(C)c(Cl)cc1C. The molecule has 1 aromatic heterocycles. The number of ether oxygens (including phenoxy) is 1. The van der Waals surface area contributed by atoms with Gasteiger partial charge in [0.05, 0.1) is 18.4 Å². The minimum atomic E-state index is -4.40. The summed E-state index contributed by atoms with van der Waals surface area (Å²) in [4.78, 5) is 24.9. The van der Waals surface area contributed by atoms with Crippen molar-refractivity contribution >= 4 is 27.7 Å². The van der Waals surface area contributed by atoms with E-state index in [-0.39, 0.29) is 11.5 Å². The van der Waals surface area contributed by atoms with Gasteiger partial charge >= 0.3 is 16.1 Å². The molecular formula is C21H19ClN2O6S. The minimum absolute atomic E-state index is 0.0205. The second-order valence-electron chi connectivity index (χ2n) is 6.57. The molecule has 0 aliphatic rings. The van der Waals surface area contributed by atoms with Crippen molar-refractivity contribution in [1.82, 2.24) is 9.78 Å². The third-order valence-corrected chi connectivity index (χ3v) is 6.08. The smallest absolute Gasteiger partial charge is 0.362 e. The number of esters is 1. The van der Waals surface area contributed by atoms with E-state index in [0.717, 1.165) is 10.7 Å². The van der Waals surface area contributed by atoms with Gasteiger partial charge in [-0.3, -0.25) is 4.79 Å². The van der Waals surface area contributed by atoms with Crippen LogP contribution in [0.5, 0.6) is 5.75 Å². The highest BCUT2D eigenvalue weighted by Gasteiger charge is 2.27. The van der Waals surface area contributed by atoms with Crippen LogP contribution in [0.25, 0.3) is 5.69 Å². The van der Waals surface area contributed by atoms with E-state index in [0.29, 0.717) is 21.8 Å². The molecule has 8 nitrogen and oxygen atoms in total. The Morgan fingerprint density at radius 1 is 1.10 bits per heavy atom. The summed E-state index contributed by atoms with van der Waals surface area (Å²) in [6, 6.07) is 12.1. The number of nitrogens with zero attached hydrogens (tertiary/aromatic N) is 2. The van der Waals surface area contributed by atoms with E-state index in [1.807, 2.05) is 0 Å². The third-order valence-electron chi connectivity index (χ3n) is 4.29. The van der Waals surface area contributed by atoms with Crippen LogP contribution >= 0.6 is 11.6 Å². The number of carbonyl (C=O) groups is 1. The average molecular weight is 463 g/mol. The van der Waals surface area contributed by atoms with Crippen LogP contribution in [0.15, 0.2) is 58.2 Å². The third kappa shape index (κ3) is 4.78. The molecule has 31 heavy (non-hydrogen) atoms. The Kier molecular flexibility index (Phi) is 6.47. The molecule has 0 saturated heterocycles. The predicted molar refractivity (Wildman–Crippen MR) is 115 cm³/mol. The fraction of sp³-hybridized carbons (Fsp3) is 0.190. The molecule has 0 fully saturated rings. The summed E-state index contributed by atoms with van der Waals surface area (Å²) in [6.07, 6.45) is 0. The van der Waals surface area contributed by atoms with Gasteiger partial charge in [-0.15, -0.1) is 0 Å². The number of hydrogen-bond acceptors (Lipinski definition) is 7. The first-order valence-corrected chi connectivity index (χ1v) is 11.0. The molecule has 3 aromatic rings. The van der Waals surface area contributed by atoms with Crippen molar-refractivity contribution in [2.45, 2.75) is 25.7 Å². The first-order valence-electron chi connectivity index (χ1n) is 9.22. The number of rotatable bonds is 6. The normalized spacial score (nSPS) is 11.2. The van der Waals surface area contributed by atoms with Crippen LogP contribution in [-0.2, 0) is 14.9 Å². The van der Waals surface area contributed by atoms with Crippen molar-refractivity contribution in [3.05, 3.63) is 80.7 Å². The molecule has 0 amide bonds. The predicted octanol–water partition coefficient (Wildman–Crippen LogP) is 3.45. The first-order chi connectivity index (χ1) is 14.6. The summed E-state index contributed by atoms with van der Waals surface area (Å²) >= 11 is 6.04. The van der Waals surface area contributed by atoms with Crippen molar-refractivity contribution in [3.8, 4) is 11.4 Å². The molecule has 162 valence electrons. The van der Waals surface area contributed by atoms with Gasteiger partial charge in [0, 0.05) is 5.02 Å². The summed E-state index contributed by atoms with van der Waals surface area (Å²) in [5.41, 5.74) is 0.124. The highest BCUT2D eigenvalue weighted by Crippen LogP contribution is 2.27. The summed E-state index contributed by atoms with van der Waals surface area (Å²) in [6.45, 7) is 4.81. The number of para-hydroxylation sites is 1. The molecule has 0 saturated carbocycles. The summed E-state index contributed by atoms with van der Waals surface area (Å²) in [5, 5.41) is 4.41. The quantitative estimate of drug-likeness (QED) is 0.408. The maximum atomic E-state index is 12.9. The molecular weight excluding hydrogens is 444 g/mol. The Bertz CT molecular complexity index is 1300. The van der Waals surface area contributed by atoms with E-state index in [4.69, 9.17) is 20.5 Å². The van der Waals surface area contributed by atoms with Crippen LogP contribution in [0.1, 0.15) is 28.5 Å². The van der Waals surface area contributed by atoms with E-state index in [1.165, 1.54) is 12.1 Å². The molecule has 0 unspecified atom stereocenters. The lowest BCUT2D eigenvalue weighted by Gasteiger charge is -2.14. The van der Waals surface area contributed by atoms with Gasteiger partial charge in [-0.05, 0) is 56.2 Å². The van der Waals surface area contributed by atoms with Crippen molar-refractivity contribution in [3.63, 3.8) is 0 Å². The van der Waals surface area contributed by atoms with Crippen molar-refractivity contribution in [2.75, 3.05) is 6.61 Å². The Morgan fingerprint density at radius 2 is 1.77 bits per heavy atom. The van der Waals surface area contributed by atoms with E-state index in [9.17, 15) is 18.0 Å². The van der Waals surface area contributed by atoms with E-state index in [1.54, 1.807) is 51.1 Å². The van der Waals surface area contributed by atoms with Crippen molar-refractivity contribution in [2.24, 2.45) is 0 Å². The van der Waals surface area contributed by atoms with Gasteiger partial charge in [0.25, 0.3) is 5.56 Å². The van der Waals surface area contributed by atoms with Crippen LogP contribution in [-0.4, -0.2) is 30.8 Å². The molecule has 10 heteroatoms. The molecule has 3 rings (SSSR count). The molecule has 0 aliphatic carbocycles. The monoisotopic (exact) mass is 462 g/mol. The lowest BCUT2D eigenvalue weighted by Crippen LogP contribution is -2.26. The maximum Gasteiger partial charge on any atom is 0.362 e. The largest absolute Gasteiger partial charge is 0.461 e. The number of halogens is 1. The Morgan fingerprint density at radius 3 is 2.42 bits per heavy atom. The molecule has 0 radical (unpaired) electrons. The highest BCUT2D eigenvalue weighted by atomic mass is 35.5. The molecule has 1 heterocycles. The summed E-state index contributed by atoms with van der Waals surface area (Å²) in [7, 11) is -4.40. The van der Waals surface area contributed by atoms with Gasteiger partial charge in [-0.1, -0.05) is 29.8 Å². The summed E-state index contributed by atoms with van der Waals surface area (Å²) < 4.78 is 37.0. The average Bonchev–Trinajstić information content (AvgIpc) is 2.71. The molecule has 0 bridgehead atoms. The summed E-state index contributed by atoms with van der Waals surface area (Å²) in [5.74, 6) is -1.45. The second-order valence-corrected chi connectivity index (χ2v) is 8.49. The Balaban J connectivity index is 2.14. The standard InChI is InChI=1S/C21H19ClN2O6S/c1-4-29-21(26)20-17(12-19(25)24(23-20)15-8-6-5-7-9-15)30-31(27,28)18-11-13(2)16(22)10-14(18)3/h5-12H,4H2,1-3H3. The van der Waals surface area contributed by atoms with Crippen molar-refractivity contribution in [1.29, 1.82) is 0 Å². The number of aryl methyl sites for hydroxylation is 2. The minimum Gasteiger partial charge on any atom is -0.461 e. The van der Waals surface area contributed by atoms with Crippen LogP contribution in [0.4, 0.5) is 0 Å². The maximum absolute atomic E-state index is 12.9. The molecule has 0 N–H and O–H groups in total. The fourth-order valence-corrected chi connectivity index (χ4v) is 4.23. The number of hydrogen-bond donors (Lipinski definition) is 0. The van der Waals surface area contributed by atoms with Crippen LogP contribution in [0.3, 0.4) is 0 Å². The number of carbonyl (C=O) groups excluding carboxylic acids is 1. The zero-order chi connectivity index (χ0) is 22.8. The van der Waals surface area contributed by atoms with Crippen LogP contribution < -0.4 is 9.74 Å². The van der Waals surface area contributed by atoms with Crippen LogP contribution in [0, 0.1) is 13.8 Å². The van der Waals surface area contributed by atoms with Crippen molar-refractivity contribution < 1.29 is 22.1 Å². The van der Waals surface area contributed by atoms with Gasteiger partial charge in [-0.2, -0.15) is 18.2 Å². The molecule has 0 aliphatic heterocycles. The van der Waals surface area contributed by atoms with Gasteiger partial charge in [0.15, 0.2) is 5.75 Å². The lowest BCUT2D eigenvalue weighted by atomic mass is 10.2. The second kappa shape index (κ2) is 8.91. The number of aromatic nitrogens is 2. The Labute approximate surface area is 184 Å². The first kappa shape index (κ1) is 22.5. The lowest BCUT2D eigenvalue weighted by molar-refractivity contribution is 0.0515. The van der Waals surface area contributed by atoms with E-state index < -0.39 is 33.1 Å². The fourth-order valence-electron chi connectivity index (χ4n) is 2.79. The zero-order valence-electron chi connectivity index (χ0n) is 17.0. The van der Waals surface area contributed by atoms with Gasteiger partial charge in [0.1, 0.15) is 4.90 Å². The topological polar surface area (TPSA) is 105 Å². The van der Waals surface area contributed by atoms with Crippen LogP contribution in [0.2, 0.25) is 5.02 Å².